The van der Waals surface area contributed by atoms with Crippen LogP contribution in [0.5, 0.6) is 0 Å². The van der Waals surface area contributed by atoms with Crippen LogP contribution in [0, 0.1) is 6.92 Å². The molecule has 0 saturated heterocycles. The molecule has 0 saturated carbocycles. The highest BCUT2D eigenvalue weighted by Crippen LogP contribution is 2.30. The Kier molecular flexibility index (Phi) is 4.30. The Morgan fingerprint density at radius 3 is 2.67 bits per heavy atom. The van der Waals surface area contributed by atoms with Gasteiger partial charge in [0.15, 0.2) is 0 Å². The lowest BCUT2D eigenvalue weighted by Gasteiger charge is -2.05. The summed E-state index contributed by atoms with van der Waals surface area (Å²) in [5.74, 6) is 0. The number of rotatable bonds is 4. The zero-order chi connectivity index (χ0) is 11.6. The Bertz CT molecular complexity index is 419. The maximum Gasteiger partial charge on any atom is 0.250 e. The lowest BCUT2D eigenvalue weighted by molar-refractivity contribution is 0.198. The molecule has 0 aliphatic carbocycles. The van der Waals surface area contributed by atoms with Gasteiger partial charge in [-0.1, -0.05) is 0 Å². The molecule has 7 heteroatoms. The molecule has 1 rings (SSSR count). The summed E-state index contributed by atoms with van der Waals surface area (Å²) in [7, 11) is -3.48. The van der Waals surface area contributed by atoms with Crippen LogP contribution in [0.15, 0.2) is 14.1 Å². The maximum atomic E-state index is 11.7. The van der Waals surface area contributed by atoms with Gasteiger partial charge < -0.3 is 5.11 Å². The van der Waals surface area contributed by atoms with Crippen LogP contribution in [0.1, 0.15) is 12.5 Å². The van der Waals surface area contributed by atoms with Gasteiger partial charge in [-0.15, -0.1) is 11.3 Å². The van der Waals surface area contributed by atoms with Crippen molar-refractivity contribution in [3.8, 4) is 0 Å². The maximum absolute atomic E-state index is 11.7. The van der Waals surface area contributed by atoms with Gasteiger partial charge in [0.2, 0.25) is 10.0 Å². The minimum Gasteiger partial charge on any atom is -0.392 e. The quantitative estimate of drug-likeness (QED) is 0.884. The first-order valence-electron chi connectivity index (χ1n) is 4.26. The van der Waals surface area contributed by atoms with Crippen LogP contribution in [0.4, 0.5) is 0 Å². The van der Waals surface area contributed by atoms with Crippen LogP contribution in [0.25, 0.3) is 0 Å². The van der Waals surface area contributed by atoms with Crippen molar-refractivity contribution in [2.75, 3.05) is 6.54 Å². The van der Waals surface area contributed by atoms with Gasteiger partial charge in [0.05, 0.1) is 9.89 Å². The molecule has 0 aliphatic heterocycles. The summed E-state index contributed by atoms with van der Waals surface area (Å²) in [5.41, 5.74) is 0.887. The molecule has 0 radical (unpaired) electrons. The van der Waals surface area contributed by atoms with Crippen molar-refractivity contribution in [1.82, 2.24) is 4.72 Å². The van der Waals surface area contributed by atoms with E-state index >= 15 is 0 Å². The highest BCUT2D eigenvalue weighted by Gasteiger charge is 2.18. The topological polar surface area (TPSA) is 66.4 Å². The molecule has 4 nitrogen and oxygen atoms in total. The van der Waals surface area contributed by atoms with E-state index in [1.54, 1.807) is 6.07 Å². The molecule has 0 unspecified atom stereocenters. The summed E-state index contributed by atoms with van der Waals surface area (Å²) in [6.07, 6.45) is -0.690. The molecule has 0 amide bonds. The number of nitrogens with one attached hydrogen (secondary N) is 1. The number of hydrogen-bond acceptors (Lipinski definition) is 4. The van der Waals surface area contributed by atoms with E-state index in [1.165, 1.54) is 6.92 Å². The number of hydrogen-bond donors (Lipinski definition) is 2. The van der Waals surface area contributed by atoms with Gasteiger partial charge in [-0.3, -0.25) is 0 Å². The molecule has 0 bridgehead atoms. The van der Waals surface area contributed by atoms with Gasteiger partial charge in [0.25, 0.3) is 0 Å². The molecular formula is C8H12BrNO3S2. The largest absolute Gasteiger partial charge is 0.392 e. The lowest BCUT2D eigenvalue weighted by atomic mass is 10.4. The highest BCUT2D eigenvalue weighted by molar-refractivity contribution is 9.11. The third kappa shape index (κ3) is 3.53. The fraction of sp³-hybridized carbons (Fsp3) is 0.500. The summed E-state index contributed by atoms with van der Waals surface area (Å²) in [5, 5.41) is 8.99. The Morgan fingerprint density at radius 2 is 2.27 bits per heavy atom. The molecule has 0 spiro atoms. The van der Waals surface area contributed by atoms with Crippen molar-refractivity contribution in [1.29, 1.82) is 0 Å². The van der Waals surface area contributed by atoms with Gasteiger partial charge in [-0.2, -0.15) is 0 Å². The summed E-state index contributed by atoms with van der Waals surface area (Å²) in [4.78, 5) is 0. The standard InChI is InChI=1S/C8H12BrNO3S2/c1-5-3-7(14-8(5)9)15(12,13)10-4-6(2)11/h3,6,10-11H,4H2,1-2H3/t6-/m1/s1. The van der Waals surface area contributed by atoms with Gasteiger partial charge in [0, 0.05) is 6.54 Å². The smallest absolute Gasteiger partial charge is 0.250 e. The Labute approximate surface area is 102 Å². The van der Waals surface area contributed by atoms with Crippen molar-refractivity contribution >= 4 is 37.3 Å². The van der Waals surface area contributed by atoms with E-state index < -0.39 is 16.1 Å². The number of sulfonamides is 1. The Hall–Kier alpha value is 0.0500. The van der Waals surface area contributed by atoms with Crippen LogP contribution in [0.2, 0.25) is 0 Å². The Balaban J connectivity index is 2.87. The molecule has 0 aromatic carbocycles. The Morgan fingerprint density at radius 1 is 1.67 bits per heavy atom. The van der Waals surface area contributed by atoms with E-state index in [4.69, 9.17) is 5.11 Å². The first kappa shape index (κ1) is 13.1. The van der Waals surface area contributed by atoms with E-state index in [2.05, 4.69) is 20.7 Å². The van der Waals surface area contributed by atoms with Crippen molar-refractivity contribution in [2.24, 2.45) is 0 Å². The second-order valence-corrected chi connectivity index (χ2v) is 7.59. The summed E-state index contributed by atoms with van der Waals surface area (Å²) >= 11 is 4.42. The molecule has 1 heterocycles. The molecular weight excluding hydrogens is 302 g/mol. The molecule has 0 aliphatic rings. The van der Waals surface area contributed by atoms with Crippen molar-refractivity contribution in [3.63, 3.8) is 0 Å². The minimum absolute atomic E-state index is 0.0247. The van der Waals surface area contributed by atoms with Crippen LogP contribution in [0.3, 0.4) is 0 Å². The monoisotopic (exact) mass is 313 g/mol. The highest BCUT2D eigenvalue weighted by atomic mass is 79.9. The van der Waals surface area contributed by atoms with E-state index in [0.717, 1.165) is 20.7 Å². The van der Waals surface area contributed by atoms with Gasteiger partial charge >= 0.3 is 0 Å². The number of aliphatic hydroxyl groups excluding tert-OH is 1. The number of thiophene rings is 1. The molecule has 86 valence electrons. The number of aliphatic hydroxyl groups is 1. The van der Waals surface area contributed by atoms with Crippen molar-refractivity contribution < 1.29 is 13.5 Å². The predicted molar refractivity (Wildman–Crippen MR) is 63.6 cm³/mol. The lowest BCUT2D eigenvalue weighted by Crippen LogP contribution is -2.30. The van der Waals surface area contributed by atoms with E-state index in [-0.39, 0.29) is 10.8 Å². The van der Waals surface area contributed by atoms with Gasteiger partial charge in [0.1, 0.15) is 4.21 Å². The van der Waals surface area contributed by atoms with Crippen LogP contribution in [-0.4, -0.2) is 26.2 Å². The van der Waals surface area contributed by atoms with E-state index in [1.807, 2.05) is 6.92 Å². The third-order valence-electron chi connectivity index (χ3n) is 1.67. The second-order valence-electron chi connectivity index (χ2n) is 3.22. The minimum atomic E-state index is -3.48. The van der Waals surface area contributed by atoms with Crippen molar-refractivity contribution in [3.05, 3.63) is 15.4 Å². The average Bonchev–Trinajstić information content (AvgIpc) is 2.45. The molecule has 1 aromatic heterocycles. The SMILES string of the molecule is Cc1cc(S(=O)(=O)NC[C@@H](C)O)sc1Br. The van der Waals surface area contributed by atoms with Gasteiger partial charge in [-0.05, 0) is 41.4 Å². The van der Waals surface area contributed by atoms with Crippen LogP contribution >= 0.6 is 27.3 Å². The normalized spacial score (nSPS) is 14.1. The first-order chi connectivity index (χ1) is 6.83. The first-order valence-corrected chi connectivity index (χ1v) is 7.36. The van der Waals surface area contributed by atoms with E-state index in [0.29, 0.717) is 0 Å². The number of halogens is 1. The second kappa shape index (κ2) is 4.92. The van der Waals surface area contributed by atoms with E-state index in [9.17, 15) is 8.42 Å². The number of aryl methyl sites for hydroxylation is 1. The third-order valence-corrected chi connectivity index (χ3v) is 5.70. The van der Waals surface area contributed by atoms with Gasteiger partial charge in [-0.25, -0.2) is 13.1 Å². The molecule has 1 atom stereocenters. The summed E-state index contributed by atoms with van der Waals surface area (Å²) < 4.78 is 26.7. The van der Waals surface area contributed by atoms with Crippen molar-refractivity contribution in [2.45, 2.75) is 24.2 Å². The summed E-state index contributed by atoms with van der Waals surface area (Å²) in [6, 6.07) is 1.60. The zero-order valence-corrected chi connectivity index (χ0v) is 11.5. The average molecular weight is 314 g/mol. The fourth-order valence-electron chi connectivity index (χ4n) is 0.866. The van der Waals surface area contributed by atoms with Crippen LogP contribution in [-0.2, 0) is 10.0 Å². The molecule has 15 heavy (non-hydrogen) atoms. The van der Waals surface area contributed by atoms with Crippen LogP contribution < -0.4 is 4.72 Å². The fourth-order valence-corrected chi connectivity index (χ4v) is 4.26. The summed E-state index contributed by atoms with van der Waals surface area (Å²) in [6.45, 7) is 3.38. The molecule has 1 aromatic rings. The molecule has 2 N–H and O–H groups in total. The predicted octanol–water partition coefficient (Wildman–Crippen LogP) is 1.48. The molecule has 0 fully saturated rings. The zero-order valence-electron chi connectivity index (χ0n) is 8.32.